The van der Waals surface area contributed by atoms with E-state index in [0.29, 0.717) is 50.3 Å². The van der Waals surface area contributed by atoms with Gasteiger partial charge in [-0.15, -0.1) is 0 Å². The van der Waals surface area contributed by atoms with Gasteiger partial charge in [-0.1, -0.05) is 56.3 Å². The van der Waals surface area contributed by atoms with E-state index >= 15 is 0 Å². The number of amides is 2. The number of hydrogen-bond donors (Lipinski definition) is 1. The monoisotopic (exact) mass is 492 g/mol. The summed E-state index contributed by atoms with van der Waals surface area (Å²) in [5, 5.41) is 3.24. The molecule has 1 saturated heterocycles. The molecule has 1 aliphatic heterocycles. The van der Waals surface area contributed by atoms with Crippen LogP contribution < -0.4 is 5.32 Å². The Hall–Kier alpha value is -3.03. The molecule has 0 radical (unpaired) electrons. The summed E-state index contributed by atoms with van der Waals surface area (Å²) >= 11 is 0. The third kappa shape index (κ3) is 4.82. The van der Waals surface area contributed by atoms with Crippen LogP contribution in [0.3, 0.4) is 0 Å². The van der Waals surface area contributed by atoms with Crippen LogP contribution in [0.2, 0.25) is 0 Å². The molecule has 7 nitrogen and oxygen atoms in total. The number of ketones is 1. The molecule has 0 saturated carbocycles. The standard InChI is InChI=1S/C29H36N2O5/c1-19(2)27(33)30-25-23-11-7-8-12-24(23)29(26(25)36-18-17-35-4)13-15-31(16-14-29)28(34)22-10-6-5-9-21(22)20(3)32/h5-12,19,25-26H,13-18H2,1-4H3,(H,30,33)/t25-,26+/m1/s1. The molecule has 36 heavy (non-hydrogen) atoms. The molecular weight excluding hydrogens is 456 g/mol. The molecule has 2 atom stereocenters. The number of carbonyl (C=O) groups is 3. The number of nitrogens with one attached hydrogen (secondary N) is 1. The van der Waals surface area contributed by atoms with E-state index in [2.05, 4.69) is 17.4 Å². The fourth-order valence-corrected chi connectivity index (χ4v) is 5.65. The van der Waals surface area contributed by atoms with Crippen molar-refractivity contribution in [1.82, 2.24) is 10.2 Å². The second-order valence-electron chi connectivity index (χ2n) is 10.1. The van der Waals surface area contributed by atoms with Crippen LogP contribution in [0.1, 0.15) is 71.5 Å². The second-order valence-corrected chi connectivity index (χ2v) is 10.1. The first-order chi connectivity index (χ1) is 17.3. The molecule has 2 aromatic rings. The third-order valence-corrected chi connectivity index (χ3v) is 7.57. The Morgan fingerprint density at radius 3 is 2.28 bits per heavy atom. The molecule has 2 amide bonds. The van der Waals surface area contributed by atoms with Crippen molar-refractivity contribution in [2.75, 3.05) is 33.4 Å². The number of hydrogen-bond acceptors (Lipinski definition) is 5. The summed E-state index contributed by atoms with van der Waals surface area (Å²) in [4.78, 5) is 40.1. The lowest BCUT2D eigenvalue weighted by atomic mass is 9.71. The third-order valence-electron chi connectivity index (χ3n) is 7.57. The summed E-state index contributed by atoms with van der Waals surface area (Å²) in [5.41, 5.74) is 2.82. The van der Waals surface area contributed by atoms with Crippen LogP contribution in [0.15, 0.2) is 48.5 Å². The van der Waals surface area contributed by atoms with Crippen LogP contribution in [0, 0.1) is 5.92 Å². The number of piperidine rings is 1. The van der Waals surface area contributed by atoms with Gasteiger partial charge < -0.3 is 19.7 Å². The molecule has 1 spiro atoms. The van der Waals surface area contributed by atoms with Crippen molar-refractivity contribution in [2.24, 2.45) is 5.92 Å². The highest BCUT2D eigenvalue weighted by Gasteiger charge is 2.54. The molecule has 0 aromatic heterocycles. The summed E-state index contributed by atoms with van der Waals surface area (Å²) < 4.78 is 11.7. The van der Waals surface area contributed by atoms with E-state index in [1.807, 2.05) is 30.9 Å². The number of methoxy groups -OCH3 is 1. The van der Waals surface area contributed by atoms with Gasteiger partial charge in [0, 0.05) is 37.1 Å². The quantitative estimate of drug-likeness (QED) is 0.446. The van der Waals surface area contributed by atoms with Crippen LogP contribution in [-0.2, 0) is 19.7 Å². The lowest BCUT2D eigenvalue weighted by Crippen LogP contribution is -2.52. The number of benzene rings is 2. The summed E-state index contributed by atoms with van der Waals surface area (Å²) in [6, 6.07) is 15.0. The van der Waals surface area contributed by atoms with E-state index in [1.54, 1.807) is 31.4 Å². The summed E-state index contributed by atoms with van der Waals surface area (Å²) in [5.74, 6) is -0.397. The molecule has 2 aliphatic rings. The number of nitrogens with zero attached hydrogens (tertiary/aromatic N) is 1. The Balaban J connectivity index is 1.63. The molecule has 1 fully saturated rings. The predicted octanol–water partition coefficient (Wildman–Crippen LogP) is 3.92. The van der Waals surface area contributed by atoms with Gasteiger partial charge in [-0.3, -0.25) is 14.4 Å². The highest BCUT2D eigenvalue weighted by molar-refractivity contribution is 6.07. The number of Topliss-reactive ketones (excluding diaryl/α,β-unsaturated/α-hetero) is 1. The minimum Gasteiger partial charge on any atom is -0.382 e. The number of ether oxygens (including phenoxy) is 2. The summed E-state index contributed by atoms with van der Waals surface area (Å²) in [6.07, 6.45) is 1.13. The van der Waals surface area contributed by atoms with Crippen molar-refractivity contribution in [3.05, 3.63) is 70.8 Å². The van der Waals surface area contributed by atoms with Gasteiger partial charge in [0.2, 0.25) is 5.91 Å². The number of carbonyl (C=O) groups excluding carboxylic acids is 3. The Morgan fingerprint density at radius 1 is 1.00 bits per heavy atom. The molecule has 1 N–H and O–H groups in total. The van der Waals surface area contributed by atoms with E-state index in [1.165, 1.54) is 12.5 Å². The first-order valence-corrected chi connectivity index (χ1v) is 12.7. The molecule has 2 aromatic carbocycles. The molecule has 4 rings (SSSR count). The van der Waals surface area contributed by atoms with Crippen LogP contribution in [0.5, 0.6) is 0 Å². The topological polar surface area (TPSA) is 84.9 Å². The SMILES string of the molecule is COCCO[C@H]1[C@H](NC(=O)C(C)C)c2ccccc2C12CCN(C(=O)c1ccccc1C(C)=O)CC2. The van der Waals surface area contributed by atoms with Crippen molar-refractivity contribution in [2.45, 2.75) is 51.2 Å². The summed E-state index contributed by atoms with van der Waals surface area (Å²) in [6.45, 7) is 7.20. The Kier molecular flexibility index (Phi) is 7.91. The Labute approximate surface area is 213 Å². The van der Waals surface area contributed by atoms with Gasteiger partial charge in [-0.25, -0.2) is 0 Å². The van der Waals surface area contributed by atoms with Crippen LogP contribution in [0.4, 0.5) is 0 Å². The highest BCUT2D eigenvalue weighted by Crippen LogP contribution is 2.52. The van der Waals surface area contributed by atoms with Crippen LogP contribution in [0.25, 0.3) is 0 Å². The number of fused-ring (bicyclic) bond motifs is 2. The van der Waals surface area contributed by atoms with Crippen molar-refractivity contribution in [3.8, 4) is 0 Å². The van der Waals surface area contributed by atoms with Crippen LogP contribution >= 0.6 is 0 Å². The van der Waals surface area contributed by atoms with E-state index in [0.717, 1.165) is 5.56 Å². The molecule has 0 bridgehead atoms. The van der Waals surface area contributed by atoms with Crippen molar-refractivity contribution < 1.29 is 23.9 Å². The van der Waals surface area contributed by atoms with Gasteiger partial charge in [0.05, 0.1) is 30.9 Å². The number of rotatable bonds is 8. The van der Waals surface area contributed by atoms with Crippen molar-refractivity contribution in [3.63, 3.8) is 0 Å². The molecule has 0 unspecified atom stereocenters. The molecule has 7 heteroatoms. The van der Waals surface area contributed by atoms with Gasteiger partial charge in [0.25, 0.3) is 5.91 Å². The van der Waals surface area contributed by atoms with Crippen LogP contribution in [-0.4, -0.2) is 62.0 Å². The Morgan fingerprint density at radius 2 is 1.64 bits per heavy atom. The van der Waals surface area contributed by atoms with E-state index in [-0.39, 0.29) is 41.1 Å². The fraction of sp³-hybridized carbons (Fsp3) is 0.483. The zero-order valence-electron chi connectivity index (χ0n) is 21.6. The summed E-state index contributed by atoms with van der Waals surface area (Å²) in [7, 11) is 1.64. The van der Waals surface area contributed by atoms with Gasteiger partial charge in [0.15, 0.2) is 5.78 Å². The van der Waals surface area contributed by atoms with Gasteiger partial charge >= 0.3 is 0 Å². The average molecular weight is 493 g/mol. The van der Waals surface area contributed by atoms with E-state index in [4.69, 9.17) is 9.47 Å². The maximum Gasteiger partial charge on any atom is 0.254 e. The largest absolute Gasteiger partial charge is 0.382 e. The second kappa shape index (κ2) is 10.9. The smallest absolute Gasteiger partial charge is 0.254 e. The predicted molar refractivity (Wildman–Crippen MR) is 137 cm³/mol. The minimum atomic E-state index is -0.337. The molecule has 1 heterocycles. The maximum atomic E-state index is 13.4. The Bertz CT molecular complexity index is 1120. The van der Waals surface area contributed by atoms with Gasteiger partial charge in [-0.2, -0.15) is 0 Å². The number of likely N-dealkylation sites (tertiary alicyclic amines) is 1. The normalized spacial score (nSPS) is 20.4. The lowest BCUT2D eigenvalue weighted by molar-refractivity contribution is -0.127. The average Bonchev–Trinajstić information content (AvgIpc) is 3.12. The first kappa shape index (κ1) is 26.0. The van der Waals surface area contributed by atoms with Gasteiger partial charge in [0.1, 0.15) is 0 Å². The highest BCUT2D eigenvalue weighted by atomic mass is 16.5. The molecular formula is C29H36N2O5. The fourth-order valence-electron chi connectivity index (χ4n) is 5.65. The maximum absolute atomic E-state index is 13.4. The zero-order valence-corrected chi connectivity index (χ0v) is 21.6. The lowest BCUT2D eigenvalue weighted by Gasteiger charge is -2.44. The molecule has 1 aliphatic carbocycles. The van der Waals surface area contributed by atoms with E-state index in [9.17, 15) is 14.4 Å². The van der Waals surface area contributed by atoms with Gasteiger partial charge in [-0.05, 0) is 37.0 Å². The zero-order chi connectivity index (χ0) is 25.9. The first-order valence-electron chi connectivity index (χ1n) is 12.7. The van der Waals surface area contributed by atoms with Crippen molar-refractivity contribution >= 4 is 17.6 Å². The van der Waals surface area contributed by atoms with Crippen molar-refractivity contribution in [1.29, 1.82) is 0 Å². The van der Waals surface area contributed by atoms with E-state index < -0.39 is 0 Å². The minimum absolute atomic E-state index is 0.0133. The molecule has 192 valence electrons.